The van der Waals surface area contributed by atoms with Crippen LogP contribution < -0.4 is 9.46 Å². The lowest BCUT2D eigenvalue weighted by molar-refractivity contribution is -0.137. The fourth-order valence-corrected chi connectivity index (χ4v) is 9.36. The third-order valence-electron chi connectivity index (χ3n) is 7.27. The van der Waals surface area contributed by atoms with E-state index in [1.807, 2.05) is 0 Å². The van der Waals surface area contributed by atoms with E-state index in [0.717, 1.165) is 24.3 Å². The summed E-state index contributed by atoms with van der Waals surface area (Å²) in [6.07, 6.45) is -3.97. The Kier molecular flexibility index (Phi) is 5.92. The summed E-state index contributed by atoms with van der Waals surface area (Å²) in [7, 11) is -8.21. The number of benzene rings is 2. The topological polar surface area (TPSA) is 89.5 Å². The highest BCUT2D eigenvalue weighted by Crippen LogP contribution is 2.56. The van der Waals surface area contributed by atoms with Crippen molar-refractivity contribution >= 4 is 19.9 Å². The van der Waals surface area contributed by atoms with Crippen LogP contribution in [0.15, 0.2) is 41.3 Å². The predicted octanol–water partition coefficient (Wildman–Crippen LogP) is 4.30. The zero-order valence-corrected chi connectivity index (χ0v) is 20.3. The van der Waals surface area contributed by atoms with Crippen LogP contribution in [0.25, 0.3) is 0 Å². The van der Waals surface area contributed by atoms with Gasteiger partial charge in [0.15, 0.2) is 21.4 Å². The third-order valence-corrected chi connectivity index (χ3v) is 11.9. The number of hydrogen-bond donors (Lipinski definition) is 1. The van der Waals surface area contributed by atoms with Gasteiger partial charge in [0.05, 0.1) is 27.9 Å². The molecule has 3 atom stereocenters. The van der Waals surface area contributed by atoms with Crippen LogP contribution >= 0.6 is 0 Å². The van der Waals surface area contributed by atoms with E-state index in [1.165, 1.54) is 0 Å². The number of sulfone groups is 1. The molecular formula is C23H22F5NO5S2. The third kappa shape index (κ3) is 3.99. The normalized spacial score (nSPS) is 26.6. The second kappa shape index (κ2) is 8.38. The summed E-state index contributed by atoms with van der Waals surface area (Å²) < 4.78 is 128. The van der Waals surface area contributed by atoms with Crippen molar-refractivity contribution in [3.8, 4) is 5.75 Å². The van der Waals surface area contributed by atoms with Gasteiger partial charge in [-0.15, -0.1) is 0 Å². The fourth-order valence-electron chi connectivity index (χ4n) is 5.36. The summed E-state index contributed by atoms with van der Waals surface area (Å²) in [4.78, 5) is -0.478. The lowest BCUT2D eigenvalue weighted by Gasteiger charge is -2.49. The first-order chi connectivity index (χ1) is 16.8. The van der Waals surface area contributed by atoms with Gasteiger partial charge in [-0.05, 0) is 68.5 Å². The minimum Gasteiger partial charge on any atom is -0.490 e. The quantitative estimate of drug-likeness (QED) is 0.560. The van der Waals surface area contributed by atoms with E-state index in [9.17, 15) is 34.4 Å². The summed E-state index contributed by atoms with van der Waals surface area (Å²) in [5.74, 6) is -3.54. The zero-order chi connectivity index (χ0) is 26.1. The molecule has 0 aromatic heterocycles. The molecule has 1 unspecified atom stereocenters. The van der Waals surface area contributed by atoms with Gasteiger partial charge < -0.3 is 4.74 Å². The Bertz CT molecular complexity index is 1410. The van der Waals surface area contributed by atoms with Crippen LogP contribution in [0.4, 0.5) is 22.0 Å². The van der Waals surface area contributed by atoms with Crippen LogP contribution in [-0.4, -0.2) is 34.7 Å². The average Bonchev–Trinajstić information content (AvgIpc) is 3.66. The van der Waals surface area contributed by atoms with Gasteiger partial charge in [-0.2, -0.15) is 13.2 Å². The molecule has 5 rings (SSSR count). The van der Waals surface area contributed by atoms with Crippen LogP contribution in [-0.2, 0) is 30.8 Å². The molecule has 2 fully saturated rings. The van der Waals surface area contributed by atoms with Gasteiger partial charge in [-0.1, -0.05) is 0 Å². The first-order valence-corrected chi connectivity index (χ1v) is 14.3. The van der Waals surface area contributed by atoms with E-state index in [2.05, 4.69) is 4.72 Å². The molecule has 196 valence electrons. The minimum absolute atomic E-state index is 0.00227. The fraction of sp³-hybridized carbons (Fsp3) is 0.478. The number of ether oxygens (including phenoxy) is 1. The summed E-state index contributed by atoms with van der Waals surface area (Å²) >= 11 is 0. The van der Waals surface area contributed by atoms with Crippen LogP contribution in [0, 0.1) is 17.6 Å². The highest BCUT2D eigenvalue weighted by Gasteiger charge is 2.60. The Hall–Kier alpha value is -2.25. The Morgan fingerprint density at radius 3 is 2.17 bits per heavy atom. The molecule has 0 radical (unpaired) electrons. The average molecular weight is 552 g/mol. The number of nitrogens with one attached hydrogen (secondary N) is 1. The highest BCUT2D eigenvalue weighted by atomic mass is 32.2. The summed E-state index contributed by atoms with van der Waals surface area (Å²) in [5, 5.41) is -0.505. The molecule has 2 aromatic rings. The molecule has 1 aliphatic heterocycles. The lowest BCUT2D eigenvalue weighted by Crippen LogP contribution is -2.55. The van der Waals surface area contributed by atoms with E-state index in [4.69, 9.17) is 4.74 Å². The van der Waals surface area contributed by atoms with Gasteiger partial charge in [-0.25, -0.2) is 30.3 Å². The molecule has 1 N–H and O–H groups in total. The predicted molar refractivity (Wildman–Crippen MR) is 118 cm³/mol. The monoisotopic (exact) mass is 551 g/mol. The lowest BCUT2D eigenvalue weighted by atomic mass is 9.71. The van der Waals surface area contributed by atoms with Crippen molar-refractivity contribution in [2.45, 2.75) is 59.2 Å². The Morgan fingerprint density at radius 1 is 0.917 bits per heavy atom. The number of sulfonamides is 1. The molecule has 36 heavy (non-hydrogen) atoms. The standard InChI is InChI=1S/C23H22F5NO5S2/c24-18-7-8-19(25)21-20(18)22(35(30,31)16-3-1-13(2-4-16)23(26,27)28)10-9-15(11-14(22)12-34-21)29-36(32,33)17-5-6-17/h1-4,7-8,14-15,17,29H,5-6,9-12H2/t14-,15-,22?/m1/s1. The van der Waals surface area contributed by atoms with Crippen LogP contribution in [0.2, 0.25) is 0 Å². The second-order valence-corrected chi connectivity index (χ2v) is 13.7. The van der Waals surface area contributed by atoms with E-state index in [0.29, 0.717) is 25.0 Å². The highest BCUT2D eigenvalue weighted by molar-refractivity contribution is 7.92. The van der Waals surface area contributed by atoms with Crippen molar-refractivity contribution in [2.75, 3.05) is 6.61 Å². The van der Waals surface area contributed by atoms with Gasteiger partial charge in [0.1, 0.15) is 10.6 Å². The maximum absolute atomic E-state index is 15.2. The van der Waals surface area contributed by atoms with Crippen molar-refractivity contribution in [3.05, 3.63) is 59.2 Å². The molecule has 2 aliphatic carbocycles. The molecule has 0 bridgehead atoms. The first-order valence-electron chi connectivity index (χ1n) is 11.3. The first kappa shape index (κ1) is 25.4. The molecule has 13 heteroatoms. The Morgan fingerprint density at radius 2 is 1.56 bits per heavy atom. The molecule has 3 aliphatic rings. The smallest absolute Gasteiger partial charge is 0.416 e. The Balaban J connectivity index is 1.61. The minimum atomic E-state index is -4.69. The molecule has 1 heterocycles. The van der Waals surface area contributed by atoms with Crippen molar-refractivity contribution in [1.82, 2.24) is 4.72 Å². The van der Waals surface area contributed by atoms with Crippen LogP contribution in [0.5, 0.6) is 5.75 Å². The number of hydrogen-bond acceptors (Lipinski definition) is 5. The maximum atomic E-state index is 15.2. The molecule has 0 spiro atoms. The van der Waals surface area contributed by atoms with Crippen LogP contribution in [0.1, 0.15) is 43.2 Å². The summed E-state index contributed by atoms with van der Waals surface area (Å²) in [6.45, 7) is -0.338. The summed E-state index contributed by atoms with van der Waals surface area (Å²) in [6, 6.07) is 3.79. The van der Waals surface area contributed by atoms with E-state index in [-0.39, 0.29) is 25.9 Å². The molecular weight excluding hydrogens is 529 g/mol. The van der Waals surface area contributed by atoms with Crippen molar-refractivity contribution in [3.63, 3.8) is 0 Å². The second-order valence-electron chi connectivity index (χ2n) is 9.49. The van der Waals surface area contributed by atoms with Gasteiger partial charge in [0.2, 0.25) is 10.0 Å². The maximum Gasteiger partial charge on any atom is 0.416 e. The van der Waals surface area contributed by atoms with Crippen molar-refractivity contribution in [2.24, 2.45) is 5.92 Å². The molecule has 0 amide bonds. The zero-order valence-electron chi connectivity index (χ0n) is 18.7. The van der Waals surface area contributed by atoms with Gasteiger partial charge in [0, 0.05) is 12.0 Å². The molecule has 0 saturated heterocycles. The largest absolute Gasteiger partial charge is 0.490 e. The van der Waals surface area contributed by atoms with E-state index in [1.54, 1.807) is 0 Å². The molecule has 2 aromatic carbocycles. The SMILES string of the molecule is O=S(=O)(N[C@@H]1CCC2(S(=O)(=O)c3ccc(C(F)(F)F)cc3)c3c(F)ccc(F)c3OC[C@H]2C1)C1CC1. The van der Waals surface area contributed by atoms with E-state index < -0.39 is 81.4 Å². The van der Waals surface area contributed by atoms with E-state index >= 15 is 4.39 Å². The number of fused-ring (bicyclic) bond motifs is 3. The summed E-state index contributed by atoms with van der Waals surface area (Å²) in [5.41, 5.74) is -1.57. The molecule has 6 nitrogen and oxygen atoms in total. The van der Waals surface area contributed by atoms with Gasteiger partial charge >= 0.3 is 6.18 Å². The Labute approximate surface area is 204 Å². The van der Waals surface area contributed by atoms with Crippen molar-refractivity contribution < 1.29 is 43.5 Å². The number of halogens is 5. The number of alkyl halides is 3. The molecule has 2 saturated carbocycles. The number of rotatable bonds is 5. The van der Waals surface area contributed by atoms with Gasteiger partial charge in [0.25, 0.3) is 0 Å². The van der Waals surface area contributed by atoms with Crippen LogP contribution in [0.3, 0.4) is 0 Å². The van der Waals surface area contributed by atoms with Gasteiger partial charge in [-0.3, -0.25) is 0 Å². The van der Waals surface area contributed by atoms with Crippen molar-refractivity contribution in [1.29, 1.82) is 0 Å².